The molecule has 2 aromatic carbocycles. The Hall–Kier alpha value is -3.40. The monoisotopic (exact) mass is 515 g/mol. The number of rotatable bonds is 6. The number of para-hydroxylation sites is 1. The second-order valence-electron chi connectivity index (χ2n) is 10.8. The van der Waals surface area contributed by atoms with Gasteiger partial charge in [-0.25, -0.2) is 4.98 Å². The Kier molecular flexibility index (Phi) is 6.70. The van der Waals surface area contributed by atoms with E-state index in [-0.39, 0.29) is 0 Å². The molecule has 5 rings (SSSR count). The number of aromatic nitrogens is 2. The molecule has 4 N–H and O–H groups in total. The molecule has 9 heteroatoms. The van der Waals surface area contributed by atoms with Crippen LogP contribution in [0.3, 0.4) is 0 Å². The van der Waals surface area contributed by atoms with Crippen LogP contribution in [0.2, 0.25) is 0 Å². The molecule has 1 aliphatic heterocycles. The fourth-order valence-electron chi connectivity index (χ4n) is 5.70. The van der Waals surface area contributed by atoms with Crippen LogP contribution in [0.4, 0.5) is 28.8 Å². The highest BCUT2D eigenvalue weighted by atomic mass is 31.2. The molecule has 2 heterocycles. The predicted octanol–water partition coefficient (Wildman–Crippen LogP) is 5.10. The molecule has 1 aliphatic carbocycles. The maximum Gasteiger partial charge on any atom is 0.229 e. The smallest absolute Gasteiger partial charge is 0.229 e. The summed E-state index contributed by atoms with van der Waals surface area (Å²) < 4.78 is 12.8. The minimum absolute atomic E-state index is 0.309. The van der Waals surface area contributed by atoms with Crippen LogP contribution in [0.5, 0.6) is 0 Å². The summed E-state index contributed by atoms with van der Waals surface area (Å²) >= 11 is 0. The molecule has 2 fully saturated rings. The molecular weight excluding hydrogens is 481 g/mol. The van der Waals surface area contributed by atoms with Gasteiger partial charge in [-0.3, -0.25) is 0 Å². The zero-order chi connectivity index (χ0) is 26.2. The van der Waals surface area contributed by atoms with Crippen molar-refractivity contribution < 1.29 is 4.57 Å². The lowest BCUT2D eigenvalue weighted by Crippen LogP contribution is -2.52. The fourth-order valence-corrected chi connectivity index (χ4v) is 6.85. The van der Waals surface area contributed by atoms with Gasteiger partial charge >= 0.3 is 0 Å². The van der Waals surface area contributed by atoms with Crippen LogP contribution < -0.4 is 26.6 Å². The highest BCUT2D eigenvalue weighted by Gasteiger charge is 2.44. The first-order valence-electron chi connectivity index (χ1n) is 12.7. The summed E-state index contributed by atoms with van der Waals surface area (Å²) in [7, 11) is -2.53. The number of hydrogen-bond donors (Lipinski definition) is 3. The predicted molar refractivity (Wildman–Crippen MR) is 151 cm³/mol. The summed E-state index contributed by atoms with van der Waals surface area (Å²) in [6.45, 7) is 7.71. The minimum atomic E-state index is -2.53. The van der Waals surface area contributed by atoms with Gasteiger partial charge in [0.25, 0.3) is 0 Å². The van der Waals surface area contributed by atoms with E-state index in [4.69, 9.17) is 5.73 Å². The van der Waals surface area contributed by atoms with Crippen LogP contribution in [-0.2, 0) is 4.57 Å². The van der Waals surface area contributed by atoms with E-state index < -0.39 is 7.14 Å². The number of aryl methyl sites for hydroxylation is 1. The van der Waals surface area contributed by atoms with Gasteiger partial charge in [0.05, 0.1) is 11.9 Å². The van der Waals surface area contributed by atoms with Crippen molar-refractivity contribution in [1.82, 2.24) is 9.97 Å². The number of anilines is 5. The van der Waals surface area contributed by atoms with Gasteiger partial charge in [-0.2, -0.15) is 10.2 Å². The molecule has 0 amide bonds. The molecule has 1 aromatic heterocycles. The highest BCUT2D eigenvalue weighted by molar-refractivity contribution is 7.70. The summed E-state index contributed by atoms with van der Waals surface area (Å²) in [6.07, 6.45) is 6.26. The van der Waals surface area contributed by atoms with E-state index in [1.54, 1.807) is 13.3 Å². The van der Waals surface area contributed by atoms with E-state index in [1.165, 1.54) is 43.1 Å². The zero-order valence-electron chi connectivity index (χ0n) is 21.7. The number of nitriles is 1. The van der Waals surface area contributed by atoms with Crippen LogP contribution in [-0.4, -0.2) is 42.4 Å². The fraction of sp³-hybridized carbons (Fsp3) is 0.393. The minimum Gasteiger partial charge on any atom is -0.371 e. The number of nitrogens with one attached hydrogen (secondary N) is 2. The lowest BCUT2D eigenvalue weighted by Gasteiger charge is -2.51. The quantitative estimate of drug-likeness (QED) is 0.388. The van der Waals surface area contributed by atoms with Gasteiger partial charge < -0.3 is 25.8 Å². The molecule has 192 valence electrons. The third-order valence-electron chi connectivity index (χ3n) is 7.65. The van der Waals surface area contributed by atoms with Crippen LogP contribution in [0.15, 0.2) is 48.7 Å². The van der Waals surface area contributed by atoms with Crippen molar-refractivity contribution in [1.29, 1.82) is 5.26 Å². The van der Waals surface area contributed by atoms with Gasteiger partial charge in [0.1, 0.15) is 18.8 Å². The first kappa shape index (κ1) is 25.3. The third kappa shape index (κ3) is 5.34. The molecule has 8 nitrogen and oxygen atoms in total. The largest absolute Gasteiger partial charge is 0.371 e. The van der Waals surface area contributed by atoms with Crippen molar-refractivity contribution in [2.24, 2.45) is 11.1 Å². The standard InChI is InChI=1S/C28H34N7OP/c1-19-14-22(8-9-24(19)35-12-10-28(11-13-35)15-21(30)16-28)32-27-31-18-20(17-29)26(34-27)33-23-6-4-5-7-25(23)37(2,3)36/h4-9,14,18,21H,10-13,15-16,30H2,1-3H3,(H2,31,32,33,34). The Labute approximate surface area is 218 Å². The molecule has 0 bridgehead atoms. The molecule has 3 aromatic rings. The first-order valence-corrected chi connectivity index (χ1v) is 15.3. The summed E-state index contributed by atoms with van der Waals surface area (Å²) in [5.41, 5.74) is 10.8. The topological polar surface area (TPSA) is 120 Å². The Balaban J connectivity index is 1.32. The van der Waals surface area contributed by atoms with Crippen molar-refractivity contribution in [3.63, 3.8) is 0 Å². The number of hydrogen-bond acceptors (Lipinski definition) is 8. The van der Waals surface area contributed by atoms with Gasteiger partial charge in [-0.05, 0) is 87.2 Å². The van der Waals surface area contributed by atoms with E-state index >= 15 is 0 Å². The summed E-state index contributed by atoms with van der Waals surface area (Å²) in [6, 6.07) is 16.2. The van der Waals surface area contributed by atoms with Crippen molar-refractivity contribution in [2.45, 2.75) is 38.6 Å². The Morgan fingerprint density at radius 2 is 1.86 bits per heavy atom. The Bertz CT molecular complexity index is 1390. The van der Waals surface area contributed by atoms with E-state index in [2.05, 4.69) is 50.6 Å². The summed E-state index contributed by atoms with van der Waals surface area (Å²) in [5, 5.41) is 16.8. The van der Waals surface area contributed by atoms with Crippen LogP contribution >= 0.6 is 7.14 Å². The highest BCUT2D eigenvalue weighted by Crippen LogP contribution is 2.49. The maximum absolute atomic E-state index is 12.8. The Morgan fingerprint density at radius 3 is 2.51 bits per heavy atom. The van der Waals surface area contributed by atoms with Crippen LogP contribution in [0, 0.1) is 23.7 Å². The number of benzene rings is 2. The average Bonchev–Trinajstić information content (AvgIpc) is 2.84. The molecule has 37 heavy (non-hydrogen) atoms. The number of nitrogens with two attached hydrogens (primary N) is 1. The van der Waals surface area contributed by atoms with Gasteiger partial charge in [-0.1, -0.05) is 12.1 Å². The summed E-state index contributed by atoms with van der Waals surface area (Å²) in [4.78, 5) is 11.4. The van der Waals surface area contributed by atoms with E-state index in [0.717, 1.165) is 18.8 Å². The molecule has 1 saturated heterocycles. The van der Waals surface area contributed by atoms with Crippen molar-refractivity contribution in [3.8, 4) is 6.07 Å². The lowest BCUT2D eigenvalue weighted by atomic mass is 9.60. The number of piperidine rings is 1. The molecule has 1 saturated carbocycles. The zero-order valence-corrected chi connectivity index (χ0v) is 22.6. The van der Waals surface area contributed by atoms with E-state index in [1.807, 2.05) is 30.3 Å². The van der Waals surface area contributed by atoms with E-state index in [0.29, 0.717) is 39.8 Å². The third-order valence-corrected chi connectivity index (χ3v) is 9.20. The molecular formula is C28H34N7OP. The first-order chi connectivity index (χ1) is 17.7. The van der Waals surface area contributed by atoms with Gasteiger partial charge in [0, 0.05) is 35.8 Å². The van der Waals surface area contributed by atoms with Gasteiger partial charge in [-0.15, -0.1) is 0 Å². The summed E-state index contributed by atoms with van der Waals surface area (Å²) in [5.74, 6) is 0.746. The van der Waals surface area contributed by atoms with Crippen LogP contribution in [0.25, 0.3) is 0 Å². The van der Waals surface area contributed by atoms with Crippen LogP contribution in [0.1, 0.15) is 36.8 Å². The molecule has 0 atom stereocenters. The second kappa shape index (κ2) is 9.81. The van der Waals surface area contributed by atoms with Crippen molar-refractivity contribution in [2.75, 3.05) is 42.0 Å². The molecule has 0 radical (unpaired) electrons. The maximum atomic E-state index is 12.8. The Morgan fingerprint density at radius 1 is 1.14 bits per heavy atom. The number of nitrogens with zero attached hydrogens (tertiary/aromatic N) is 4. The normalized spacial score (nSPS) is 17.2. The van der Waals surface area contributed by atoms with Gasteiger partial charge in [0.15, 0.2) is 5.82 Å². The average molecular weight is 516 g/mol. The molecule has 0 unspecified atom stereocenters. The van der Waals surface area contributed by atoms with Gasteiger partial charge in [0.2, 0.25) is 5.95 Å². The lowest BCUT2D eigenvalue weighted by molar-refractivity contribution is 0.0713. The van der Waals surface area contributed by atoms with Crippen molar-refractivity contribution in [3.05, 3.63) is 59.8 Å². The van der Waals surface area contributed by atoms with E-state index in [9.17, 15) is 9.83 Å². The second-order valence-corrected chi connectivity index (χ2v) is 14.0. The van der Waals surface area contributed by atoms with Crippen molar-refractivity contribution >= 4 is 41.3 Å². The molecule has 1 spiro atoms. The SMILES string of the molecule is Cc1cc(Nc2ncc(C#N)c(Nc3ccccc3P(C)(C)=O)n2)ccc1N1CCC2(CC1)CC(N)C2. The molecule has 2 aliphatic rings.